The zero-order valence-electron chi connectivity index (χ0n) is 8.85. The lowest BCUT2D eigenvalue weighted by atomic mass is 10.3. The average molecular weight is 298 g/mol. The number of aliphatic carboxylic acids is 3. The molecule has 0 aromatic carbocycles. The molecule has 2 atom stereocenters. The Morgan fingerprint density at radius 2 is 1.56 bits per heavy atom. The van der Waals surface area contributed by atoms with Crippen LogP contribution in [-0.4, -0.2) is 56.8 Å². The molecule has 0 aliphatic heterocycles. The normalized spacial score (nSPS) is 13.3. The minimum Gasteiger partial charge on any atom is -0.481 e. The number of carbonyl (C=O) groups is 4. The molecule has 0 spiro atoms. The summed E-state index contributed by atoms with van der Waals surface area (Å²) in [5.41, 5.74) is 0. The number of carboxylic acids is 3. The molecule has 0 aromatic rings. The van der Waals surface area contributed by atoms with Crippen LogP contribution in [0.25, 0.3) is 0 Å². The third-order valence-corrected chi connectivity index (χ3v) is 4.52. The van der Waals surface area contributed by atoms with Crippen molar-refractivity contribution in [3.63, 3.8) is 0 Å². The maximum Gasteiger partial charge on any atom is 0.321 e. The fourth-order valence-corrected chi connectivity index (χ4v) is 3.17. The smallest absolute Gasteiger partial charge is 0.321 e. The SMILES string of the molecule is O=COCC(SSC(CC(=O)O)C(=O)O)C(=O)O. The Balaban J connectivity index is 4.36. The summed E-state index contributed by atoms with van der Waals surface area (Å²) < 4.78 is 4.27. The molecular formula is C8H10O8S2. The van der Waals surface area contributed by atoms with E-state index >= 15 is 0 Å². The minimum absolute atomic E-state index is 0.0765. The van der Waals surface area contributed by atoms with Crippen molar-refractivity contribution in [1.29, 1.82) is 0 Å². The van der Waals surface area contributed by atoms with Crippen molar-refractivity contribution in [2.24, 2.45) is 0 Å². The van der Waals surface area contributed by atoms with Crippen LogP contribution in [-0.2, 0) is 23.9 Å². The third-order valence-electron chi connectivity index (χ3n) is 1.51. The van der Waals surface area contributed by atoms with Gasteiger partial charge < -0.3 is 20.1 Å². The van der Waals surface area contributed by atoms with E-state index in [1.165, 1.54) is 0 Å². The number of carboxylic acid groups (broad SMARTS) is 3. The van der Waals surface area contributed by atoms with Crippen LogP contribution in [0, 0.1) is 0 Å². The molecule has 0 bridgehead atoms. The van der Waals surface area contributed by atoms with Crippen molar-refractivity contribution in [3.05, 3.63) is 0 Å². The summed E-state index contributed by atoms with van der Waals surface area (Å²) in [5, 5.41) is 23.5. The highest BCUT2D eigenvalue weighted by Gasteiger charge is 2.27. The molecule has 0 saturated carbocycles. The number of hydrogen-bond acceptors (Lipinski definition) is 7. The van der Waals surface area contributed by atoms with Crippen LogP contribution in [0.3, 0.4) is 0 Å². The number of ether oxygens (including phenoxy) is 1. The molecule has 0 aliphatic rings. The van der Waals surface area contributed by atoms with Crippen LogP contribution in [0.1, 0.15) is 6.42 Å². The van der Waals surface area contributed by atoms with Crippen molar-refractivity contribution in [2.75, 3.05) is 6.61 Å². The second-order valence-electron chi connectivity index (χ2n) is 2.87. The standard InChI is InChI=1S/C8H10O8S2/c9-3-16-2-5(8(14)15)18-17-4(7(12)13)1-6(10)11/h3-5H,1-2H2,(H,10,11)(H,12,13)(H,14,15). The predicted molar refractivity (Wildman–Crippen MR) is 62.3 cm³/mol. The van der Waals surface area contributed by atoms with Gasteiger partial charge in [-0.05, 0) is 0 Å². The molecule has 0 radical (unpaired) electrons. The monoisotopic (exact) mass is 298 g/mol. The third kappa shape index (κ3) is 7.01. The van der Waals surface area contributed by atoms with E-state index in [-0.39, 0.29) is 6.47 Å². The Bertz CT molecular complexity index is 331. The van der Waals surface area contributed by atoms with Crippen LogP contribution in [0.2, 0.25) is 0 Å². The molecule has 0 rings (SSSR count). The maximum atomic E-state index is 10.7. The molecule has 2 unspecified atom stereocenters. The molecule has 0 saturated heterocycles. The van der Waals surface area contributed by atoms with E-state index in [0.717, 1.165) is 0 Å². The highest BCUT2D eigenvalue weighted by atomic mass is 33.1. The molecule has 18 heavy (non-hydrogen) atoms. The zero-order chi connectivity index (χ0) is 14.1. The van der Waals surface area contributed by atoms with E-state index in [0.29, 0.717) is 21.6 Å². The summed E-state index contributed by atoms with van der Waals surface area (Å²) in [6.45, 7) is -0.344. The molecule has 8 nitrogen and oxygen atoms in total. The molecule has 0 heterocycles. The Labute approximate surface area is 109 Å². The van der Waals surface area contributed by atoms with Crippen LogP contribution in [0.5, 0.6) is 0 Å². The molecule has 0 aromatic heterocycles. The van der Waals surface area contributed by atoms with Crippen molar-refractivity contribution >= 4 is 46.0 Å². The fourth-order valence-electron chi connectivity index (χ4n) is 0.722. The lowest BCUT2D eigenvalue weighted by molar-refractivity contribution is -0.142. The van der Waals surface area contributed by atoms with Gasteiger partial charge in [0, 0.05) is 0 Å². The number of hydrogen-bond donors (Lipinski definition) is 3. The van der Waals surface area contributed by atoms with Gasteiger partial charge in [0.25, 0.3) is 6.47 Å². The highest BCUT2D eigenvalue weighted by Crippen LogP contribution is 2.33. The fraction of sp³-hybridized carbons (Fsp3) is 0.500. The largest absolute Gasteiger partial charge is 0.481 e. The van der Waals surface area contributed by atoms with Gasteiger partial charge in [0.1, 0.15) is 17.1 Å². The van der Waals surface area contributed by atoms with Crippen molar-refractivity contribution in [3.8, 4) is 0 Å². The maximum absolute atomic E-state index is 10.7. The summed E-state index contributed by atoms with van der Waals surface area (Å²) in [4.78, 5) is 41.7. The van der Waals surface area contributed by atoms with E-state index in [1.54, 1.807) is 0 Å². The first-order valence-corrected chi connectivity index (χ1v) is 6.70. The first-order valence-electron chi connectivity index (χ1n) is 4.43. The Kier molecular flexibility index (Phi) is 7.96. The van der Waals surface area contributed by atoms with Crippen LogP contribution in [0.15, 0.2) is 0 Å². The molecule has 102 valence electrons. The van der Waals surface area contributed by atoms with Crippen molar-refractivity contribution < 1.29 is 39.2 Å². The Morgan fingerprint density at radius 1 is 1.06 bits per heavy atom. The summed E-state index contributed by atoms with van der Waals surface area (Å²) in [6, 6.07) is 0. The van der Waals surface area contributed by atoms with E-state index in [4.69, 9.17) is 15.3 Å². The van der Waals surface area contributed by atoms with Gasteiger partial charge in [-0.25, -0.2) is 0 Å². The van der Waals surface area contributed by atoms with Gasteiger partial charge in [-0.3, -0.25) is 19.2 Å². The molecule has 0 fully saturated rings. The van der Waals surface area contributed by atoms with Gasteiger partial charge in [-0.15, -0.1) is 0 Å². The highest BCUT2D eigenvalue weighted by molar-refractivity contribution is 8.77. The van der Waals surface area contributed by atoms with Gasteiger partial charge in [0.05, 0.1) is 6.42 Å². The van der Waals surface area contributed by atoms with Crippen molar-refractivity contribution in [2.45, 2.75) is 16.9 Å². The summed E-state index contributed by atoms with van der Waals surface area (Å²) >= 11 is 0. The topological polar surface area (TPSA) is 138 Å². The second-order valence-corrected chi connectivity index (χ2v) is 5.55. The van der Waals surface area contributed by atoms with Gasteiger partial charge in [-0.1, -0.05) is 21.6 Å². The average Bonchev–Trinajstić information content (AvgIpc) is 2.26. The van der Waals surface area contributed by atoms with Gasteiger partial charge in [0.15, 0.2) is 0 Å². The summed E-state index contributed by atoms with van der Waals surface area (Å²) in [6.07, 6.45) is -0.631. The van der Waals surface area contributed by atoms with Gasteiger partial charge >= 0.3 is 17.9 Å². The second kappa shape index (κ2) is 8.64. The first kappa shape index (κ1) is 16.6. The Hall–Kier alpha value is -1.42. The molecule has 3 N–H and O–H groups in total. The predicted octanol–water partition coefficient (Wildman–Crippen LogP) is -0.0781. The summed E-state index contributed by atoms with van der Waals surface area (Å²) in [7, 11) is 1.24. The van der Waals surface area contributed by atoms with E-state index in [1.807, 2.05) is 0 Å². The van der Waals surface area contributed by atoms with E-state index in [9.17, 15) is 19.2 Å². The zero-order valence-corrected chi connectivity index (χ0v) is 10.5. The molecule has 10 heteroatoms. The number of carbonyl (C=O) groups excluding carboxylic acids is 1. The molecule has 0 aliphatic carbocycles. The minimum atomic E-state index is -1.35. The van der Waals surface area contributed by atoms with E-state index in [2.05, 4.69) is 4.74 Å². The lowest BCUT2D eigenvalue weighted by Gasteiger charge is -2.13. The first-order chi connectivity index (χ1) is 8.38. The van der Waals surface area contributed by atoms with Crippen LogP contribution in [0.4, 0.5) is 0 Å². The number of rotatable bonds is 10. The molecule has 0 amide bonds. The van der Waals surface area contributed by atoms with Crippen LogP contribution < -0.4 is 0 Å². The Morgan fingerprint density at radius 3 is 1.94 bits per heavy atom. The van der Waals surface area contributed by atoms with E-state index < -0.39 is 41.4 Å². The molecular weight excluding hydrogens is 288 g/mol. The lowest BCUT2D eigenvalue weighted by Crippen LogP contribution is -2.24. The summed E-state index contributed by atoms with van der Waals surface area (Å²) in [5.74, 6) is -3.93. The van der Waals surface area contributed by atoms with Gasteiger partial charge in [0.2, 0.25) is 0 Å². The van der Waals surface area contributed by atoms with Gasteiger partial charge in [-0.2, -0.15) is 0 Å². The van der Waals surface area contributed by atoms with Crippen molar-refractivity contribution in [1.82, 2.24) is 0 Å². The van der Waals surface area contributed by atoms with Crippen LogP contribution >= 0.6 is 21.6 Å². The quantitative estimate of drug-likeness (QED) is 0.370.